The Bertz CT molecular complexity index is 523. The van der Waals surface area contributed by atoms with Crippen LogP contribution in [0.25, 0.3) is 0 Å². The highest BCUT2D eigenvalue weighted by atomic mass is 35.5. The average molecular weight is 274 g/mol. The molecule has 0 aliphatic heterocycles. The van der Waals surface area contributed by atoms with Crippen LogP contribution in [0.15, 0.2) is 64.8 Å². The third kappa shape index (κ3) is 4.07. The summed E-state index contributed by atoms with van der Waals surface area (Å²) in [5, 5.41) is 8.38. The Kier molecular flexibility index (Phi) is 4.93. The van der Waals surface area contributed by atoms with E-state index in [1.54, 1.807) is 0 Å². The third-order valence-corrected chi connectivity index (χ3v) is 2.92. The SMILES string of the molecule is CN(CCCl)c1ccc(N=Nc2ccccc2)cc1. The molecule has 0 fully saturated rings. The van der Waals surface area contributed by atoms with Crippen molar-refractivity contribution < 1.29 is 0 Å². The number of anilines is 1. The van der Waals surface area contributed by atoms with E-state index in [1.807, 2.05) is 61.6 Å². The number of halogens is 1. The van der Waals surface area contributed by atoms with E-state index in [2.05, 4.69) is 15.1 Å². The highest BCUT2D eigenvalue weighted by molar-refractivity contribution is 6.18. The minimum absolute atomic E-state index is 0.617. The quantitative estimate of drug-likeness (QED) is 0.569. The number of nitrogens with zero attached hydrogens (tertiary/aromatic N) is 3. The molecule has 0 aromatic heterocycles. The number of rotatable bonds is 5. The number of alkyl halides is 1. The standard InChI is InChI=1S/C15H16ClN3/c1-19(12-11-16)15-9-7-14(8-10-15)18-17-13-5-3-2-4-6-13/h2-10H,11-12H2,1H3. The second-order valence-electron chi connectivity index (χ2n) is 4.16. The van der Waals surface area contributed by atoms with Crippen molar-refractivity contribution in [2.75, 3.05) is 24.4 Å². The summed E-state index contributed by atoms with van der Waals surface area (Å²) < 4.78 is 0. The van der Waals surface area contributed by atoms with Crippen LogP contribution in [0.4, 0.5) is 17.1 Å². The summed E-state index contributed by atoms with van der Waals surface area (Å²) in [7, 11) is 2.02. The third-order valence-electron chi connectivity index (χ3n) is 2.75. The van der Waals surface area contributed by atoms with Crippen molar-refractivity contribution in [3.8, 4) is 0 Å². The first kappa shape index (κ1) is 13.6. The smallest absolute Gasteiger partial charge is 0.0858 e. The molecule has 2 rings (SSSR count). The average Bonchev–Trinajstić information content (AvgIpc) is 2.47. The van der Waals surface area contributed by atoms with Crippen molar-refractivity contribution in [3.63, 3.8) is 0 Å². The number of benzene rings is 2. The Morgan fingerprint density at radius 1 is 0.895 bits per heavy atom. The van der Waals surface area contributed by atoms with Crippen LogP contribution in [0.2, 0.25) is 0 Å². The van der Waals surface area contributed by atoms with E-state index in [9.17, 15) is 0 Å². The van der Waals surface area contributed by atoms with E-state index in [-0.39, 0.29) is 0 Å². The molecule has 0 saturated heterocycles. The second kappa shape index (κ2) is 6.90. The molecule has 0 saturated carbocycles. The number of hydrogen-bond donors (Lipinski definition) is 0. The monoisotopic (exact) mass is 273 g/mol. The van der Waals surface area contributed by atoms with Crippen molar-refractivity contribution in [2.45, 2.75) is 0 Å². The minimum Gasteiger partial charge on any atom is -0.373 e. The largest absolute Gasteiger partial charge is 0.373 e. The number of hydrogen-bond acceptors (Lipinski definition) is 3. The van der Waals surface area contributed by atoms with Crippen LogP contribution in [-0.2, 0) is 0 Å². The highest BCUT2D eigenvalue weighted by Crippen LogP contribution is 2.21. The van der Waals surface area contributed by atoms with Gasteiger partial charge >= 0.3 is 0 Å². The van der Waals surface area contributed by atoms with Gasteiger partial charge in [-0.15, -0.1) is 11.6 Å². The van der Waals surface area contributed by atoms with Crippen molar-refractivity contribution in [3.05, 3.63) is 54.6 Å². The molecule has 0 spiro atoms. The lowest BCUT2D eigenvalue weighted by atomic mass is 10.2. The predicted octanol–water partition coefficient (Wildman–Crippen LogP) is 4.78. The molecule has 3 nitrogen and oxygen atoms in total. The van der Waals surface area contributed by atoms with E-state index in [0.29, 0.717) is 5.88 Å². The van der Waals surface area contributed by atoms with Gasteiger partial charge in [0.05, 0.1) is 11.4 Å². The maximum atomic E-state index is 5.72. The molecule has 0 radical (unpaired) electrons. The first-order valence-electron chi connectivity index (χ1n) is 6.13. The van der Waals surface area contributed by atoms with Gasteiger partial charge in [-0.1, -0.05) is 18.2 Å². The van der Waals surface area contributed by atoms with E-state index in [4.69, 9.17) is 11.6 Å². The van der Waals surface area contributed by atoms with Gasteiger partial charge in [0.2, 0.25) is 0 Å². The molecule has 0 bridgehead atoms. The van der Waals surface area contributed by atoms with Gasteiger partial charge in [-0.2, -0.15) is 10.2 Å². The van der Waals surface area contributed by atoms with E-state index in [1.165, 1.54) is 0 Å². The Balaban J connectivity index is 2.05. The fourth-order valence-electron chi connectivity index (χ4n) is 1.64. The Morgan fingerprint density at radius 3 is 2.05 bits per heavy atom. The van der Waals surface area contributed by atoms with E-state index in [0.717, 1.165) is 23.6 Å². The second-order valence-corrected chi connectivity index (χ2v) is 4.54. The van der Waals surface area contributed by atoms with Crippen LogP contribution in [0.3, 0.4) is 0 Å². The molecule has 0 N–H and O–H groups in total. The van der Waals surface area contributed by atoms with Crippen LogP contribution < -0.4 is 4.90 Å². The summed E-state index contributed by atoms with van der Waals surface area (Å²) in [5.41, 5.74) is 2.82. The zero-order valence-corrected chi connectivity index (χ0v) is 11.6. The van der Waals surface area contributed by atoms with Gasteiger partial charge in [0.1, 0.15) is 0 Å². The maximum absolute atomic E-state index is 5.72. The van der Waals surface area contributed by atoms with Gasteiger partial charge in [-0.25, -0.2) is 0 Å². The maximum Gasteiger partial charge on any atom is 0.0858 e. The molecule has 0 aliphatic rings. The van der Waals surface area contributed by atoms with Gasteiger partial charge in [-0.05, 0) is 36.4 Å². The zero-order chi connectivity index (χ0) is 13.5. The minimum atomic E-state index is 0.617. The molecule has 98 valence electrons. The van der Waals surface area contributed by atoms with Crippen LogP contribution in [0.1, 0.15) is 0 Å². The van der Waals surface area contributed by atoms with Crippen LogP contribution >= 0.6 is 11.6 Å². The molecule has 0 amide bonds. The summed E-state index contributed by atoms with van der Waals surface area (Å²) in [5.74, 6) is 0.617. The Hall–Kier alpha value is -1.87. The molecule has 2 aromatic rings. The fraction of sp³-hybridized carbons (Fsp3) is 0.200. The molecule has 0 atom stereocenters. The van der Waals surface area contributed by atoms with Crippen molar-refractivity contribution in [1.29, 1.82) is 0 Å². The van der Waals surface area contributed by atoms with Crippen LogP contribution in [0.5, 0.6) is 0 Å². The summed E-state index contributed by atoms with van der Waals surface area (Å²) >= 11 is 5.72. The topological polar surface area (TPSA) is 28.0 Å². The lowest BCUT2D eigenvalue weighted by molar-refractivity contribution is 0.973. The summed E-state index contributed by atoms with van der Waals surface area (Å²) in [6.45, 7) is 0.826. The van der Waals surface area contributed by atoms with Crippen molar-refractivity contribution >= 4 is 28.7 Å². The molecular weight excluding hydrogens is 258 g/mol. The Labute approximate surface area is 118 Å². The lowest BCUT2D eigenvalue weighted by Crippen LogP contribution is -2.19. The van der Waals surface area contributed by atoms with E-state index < -0.39 is 0 Å². The van der Waals surface area contributed by atoms with Crippen LogP contribution in [0, 0.1) is 0 Å². The van der Waals surface area contributed by atoms with Crippen molar-refractivity contribution in [1.82, 2.24) is 0 Å². The molecular formula is C15H16ClN3. The molecule has 0 aliphatic carbocycles. The zero-order valence-electron chi connectivity index (χ0n) is 10.8. The fourth-order valence-corrected chi connectivity index (χ4v) is 1.89. The summed E-state index contributed by atoms with van der Waals surface area (Å²) in [6.07, 6.45) is 0. The molecule has 19 heavy (non-hydrogen) atoms. The van der Waals surface area contributed by atoms with Crippen LogP contribution in [-0.4, -0.2) is 19.5 Å². The van der Waals surface area contributed by atoms with Gasteiger partial charge in [0.25, 0.3) is 0 Å². The first-order chi connectivity index (χ1) is 9.29. The highest BCUT2D eigenvalue weighted by Gasteiger charge is 1.99. The first-order valence-corrected chi connectivity index (χ1v) is 6.67. The summed E-state index contributed by atoms with van der Waals surface area (Å²) in [6, 6.07) is 17.6. The number of azo groups is 1. The molecule has 2 aromatic carbocycles. The van der Waals surface area contributed by atoms with Gasteiger partial charge in [0.15, 0.2) is 0 Å². The van der Waals surface area contributed by atoms with Crippen molar-refractivity contribution in [2.24, 2.45) is 10.2 Å². The van der Waals surface area contributed by atoms with Gasteiger partial charge in [-0.3, -0.25) is 0 Å². The molecule has 4 heteroatoms. The lowest BCUT2D eigenvalue weighted by Gasteiger charge is -2.17. The molecule has 0 unspecified atom stereocenters. The Morgan fingerprint density at radius 2 is 1.47 bits per heavy atom. The molecule has 0 heterocycles. The van der Waals surface area contributed by atoms with Gasteiger partial charge in [0, 0.05) is 25.2 Å². The predicted molar refractivity (Wildman–Crippen MR) is 81.1 cm³/mol. The van der Waals surface area contributed by atoms with Gasteiger partial charge < -0.3 is 4.90 Å². The normalized spacial score (nSPS) is 10.8. The summed E-state index contributed by atoms with van der Waals surface area (Å²) in [4.78, 5) is 2.10. The van der Waals surface area contributed by atoms with E-state index >= 15 is 0 Å².